The monoisotopic (exact) mass is 340 g/mol. The van der Waals surface area contributed by atoms with Crippen LogP contribution in [0.4, 0.5) is 0 Å². The minimum absolute atomic E-state index is 0.582. The number of benzene rings is 2. The maximum atomic E-state index is 4.62. The van der Waals surface area contributed by atoms with E-state index in [-0.39, 0.29) is 0 Å². The highest BCUT2D eigenvalue weighted by Crippen LogP contribution is 2.34. The van der Waals surface area contributed by atoms with Crippen LogP contribution in [0.5, 0.6) is 0 Å². The second-order valence-electron chi connectivity index (χ2n) is 7.31. The lowest BCUT2D eigenvalue weighted by atomic mass is 9.83. The number of allylic oxidation sites excluding steroid dienone is 1. The van der Waals surface area contributed by atoms with Gasteiger partial charge in [-0.3, -0.25) is 0 Å². The van der Waals surface area contributed by atoms with Gasteiger partial charge < -0.3 is 0 Å². The highest BCUT2D eigenvalue weighted by molar-refractivity contribution is 5.67. The Labute approximate surface area is 155 Å². The highest BCUT2D eigenvalue weighted by atomic mass is 14.9. The van der Waals surface area contributed by atoms with Crippen LogP contribution in [0.1, 0.15) is 42.7 Å². The Morgan fingerprint density at radius 3 is 1.85 bits per heavy atom. The summed E-state index contributed by atoms with van der Waals surface area (Å²) >= 11 is 0. The SMILES string of the molecule is C=C1CCC(c2cnc(-c3ccc(-c4ccc(C)cc4)cc3)nc2)CC1. The van der Waals surface area contributed by atoms with Crippen LogP contribution in [0.3, 0.4) is 0 Å². The van der Waals surface area contributed by atoms with E-state index in [4.69, 9.17) is 0 Å². The van der Waals surface area contributed by atoms with Crippen molar-refractivity contribution in [1.29, 1.82) is 0 Å². The van der Waals surface area contributed by atoms with Gasteiger partial charge in [-0.2, -0.15) is 0 Å². The van der Waals surface area contributed by atoms with Gasteiger partial charge in [0.25, 0.3) is 0 Å². The average Bonchev–Trinajstić information content (AvgIpc) is 2.70. The first kappa shape index (κ1) is 16.7. The van der Waals surface area contributed by atoms with Crippen LogP contribution in [0.2, 0.25) is 0 Å². The zero-order valence-electron chi connectivity index (χ0n) is 15.3. The van der Waals surface area contributed by atoms with Crippen molar-refractivity contribution in [3.63, 3.8) is 0 Å². The van der Waals surface area contributed by atoms with Gasteiger partial charge in [0, 0.05) is 18.0 Å². The van der Waals surface area contributed by atoms with Crippen molar-refractivity contribution in [2.45, 2.75) is 38.5 Å². The van der Waals surface area contributed by atoms with Crippen LogP contribution in [0, 0.1) is 6.92 Å². The van der Waals surface area contributed by atoms with Crippen LogP contribution in [-0.2, 0) is 0 Å². The fourth-order valence-corrected chi connectivity index (χ4v) is 3.62. The van der Waals surface area contributed by atoms with Gasteiger partial charge in [0.15, 0.2) is 5.82 Å². The van der Waals surface area contributed by atoms with Crippen molar-refractivity contribution in [1.82, 2.24) is 9.97 Å². The molecule has 4 rings (SSSR count). The van der Waals surface area contributed by atoms with Crippen LogP contribution >= 0.6 is 0 Å². The Hall–Kier alpha value is -2.74. The van der Waals surface area contributed by atoms with E-state index in [9.17, 15) is 0 Å². The van der Waals surface area contributed by atoms with E-state index in [1.807, 2.05) is 12.4 Å². The summed E-state index contributed by atoms with van der Waals surface area (Å²) in [6, 6.07) is 17.1. The van der Waals surface area contributed by atoms with Gasteiger partial charge in [-0.1, -0.05) is 66.2 Å². The molecule has 2 aromatic carbocycles. The molecule has 0 aliphatic heterocycles. The highest BCUT2D eigenvalue weighted by Gasteiger charge is 2.18. The van der Waals surface area contributed by atoms with E-state index in [0.29, 0.717) is 5.92 Å². The lowest BCUT2D eigenvalue weighted by molar-refractivity contribution is 0.515. The van der Waals surface area contributed by atoms with Crippen molar-refractivity contribution < 1.29 is 0 Å². The van der Waals surface area contributed by atoms with Crippen molar-refractivity contribution in [2.75, 3.05) is 0 Å². The Balaban J connectivity index is 1.50. The van der Waals surface area contributed by atoms with Crippen LogP contribution < -0.4 is 0 Å². The normalized spacial score (nSPS) is 15.2. The molecule has 1 saturated carbocycles. The molecule has 0 bridgehead atoms. The molecule has 26 heavy (non-hydrogen) atoms. The lowest BCUT2D eigenvalue weighted by Crippen LogP contribution is -2.07. The number of hydrogen-bond acceptors (Lipinski definition) is 2. The molecule has 1 fully saturated rings. The molecule has 0 spiro atoms. The van der Waals surface area contributed by atoms with Gasteiger partial charge in [0.1, 0.15) is 0 Å². The van der Waals surface area contributed by atoms with Gasteiger partial charge in [-0.25, -0.2) is 9.97 Å². The summed E-state index contributed by atoms with van der Waals surface area (Å²) in [6.07, 6.45) is 8.63. The molecule has 1 heterocycles. The molecule has 0 atom stereocenters. The van der Waals surface area contributed by atoms with Crippen LogP contribution in [0.25, 0.3) is 22.5 Å². The largest absolute Gasteiger partial charge is 0.236 e. The Morgan fingerprint density at radius 2 is 1.27 bits per heavy atom. The van der Waals surface area contributed by atoms with E-state index in [1.165, 1.54) is 40.7 Å². The molecular formula is C24H24N2. The topological polar surface area (TPSA) is 25.8 Å². The van der Waals surface area contributed by atoms with Gasteiger partial charge in [0.2, 0.25) is 0 Å². The van der Waals surface area contributed by atoms with Gasteiger partial charge in [0.05, 0.1) is 0 Å². The molecule has 0 N–H and O–H groups in total. The molecule has 0 saturated heterocycles. The molecule has 130 valence electrons. The minimum Gasteiger partial charge on any atom is -0.236 e. The summed E-state index contributed by atoms with van der Waals surface area (Å²) in [4.78, 5) is 9.25. The zero-order chi connectivity index (χ0) is 17.9. The molecule has 2 heteroatoms. The van der Waals surface area contributed by atoms with Gasteiger partial charge in [-0.15, -0.1) is 0 Å². The first-order valence-corrected chi connectivity index (χ1v) is 9.35. The van der Waals surface area contributed by atoms with Crippen molar-refractivity contribution in [2.24, 2.45) is 0 Å². The molecule has 0 unspecified atom stereocenters. The number of nitrogens with zero attached hydrogens (tertiary/aromatic N) is 2. The lowest BCUT2D eigenvalue weighted by Gasteiger charge is -2.23. The predicted molar refractivity (Wildman–Crippen MR) is 108 cm³/mol. The minimum atomic E-state index is 0.582. The summed E-state index contributed by atoms with van der Waals surface area (Å²) in [6.45, 7) is 6.21. The fraction of sp³-hybridized carbons (Fsp3) is 0.250. The molecule has 0 radical (unpaired) electrons. The summed E-state index contributed by atoms with van der Waals surface area (Å²) in [5, 5.41) is 0. The van der Waals surface area contributed by atoms with Crippen LogP contribution in [-0.4, -0.2) is 9.97 Å². The maximum absolute atomic E-state index is 4.62. The Bertz CT molecular complexity index is 880. The zero-order valence-corrected chi connectivity index (χ0v) is 15.3. The number of aryl methyl sites for hydroxylation is 1. The fourth-order valence-electron chi connectivity index (χ4n) is 3.62. The van der Waals surface area contributed by atoms with E-state index >= 15 is 0 Å². The predicted octanol–water partition coefficient (Wildman–Crippen LogP) is 6.33. The number of hydrogen-bond donors (Lipinski definition) is 0. The van der Waals surface area contributed by atoms with E-state index < -0.39 is 0 Å². The molecule has 1 aliphatic rings. The standard InChI is InChI=1S/C24H24N2/c1-17-3-7-19(8-4-17)20-11-13-22(14-12-20)24-25-15-23(16-26-24)21-9-5-18(2)6-10-21/h3-4,7-8,11-16,21H,2,5-6,9-10H2,1H3. The summed E-state index contributed by atoms with van der Waals surface area (Å²) in [5.41, 5.74) is 7.43. The van der Waals surface area contributed by atoms with Crippen molar-refractivity contribution in [3.05, 3.63) is 84.2 Å². The second kappa shape index (κ2) is 7.25. The molecule has 1 aliphatic carbocycles. The number of rotatable bonds is 3. The maximum Gasteiger partial charge on any atom is 0.159 e. The average molecular weight is 340 g/mol. The van der Waals surface area contributed by atoms with Gasteiger partial charge in [-0.05, 0) is 55.2 Å². The molecule has 2 nitrogen and oxygen atoms in total. The van der Waals surface area contributed by atoms with Gasteiger partial charge >= 0.3 is 0 Å². The third-order valence-corrected chi connectivity index (χ3v) is 5.36. The summed E-state index contributed by atoms with van der Waals surface area (Å²) in [7, 11) is 0. The second-order valence-corrected chi connectivity index (χ2v) is 7.31. The van der Waals surface area contributed by atoms with Crippen LogP contribution in [0.15, 0.2) is 73.1 Å². The Kier molecular flexibility index (Phi) is 4.66. The molecular weight excluding hydrogens is 316 g/mol. The summed E-state index contributed by atoms with van der Waals surface area (Å²) < 4.78 is 0. The van der Waals surface area contributed by atoms with E-state index in [2.05, 4.69) is 72.0 Å². The molecule has 1 aromatic heterocycles. The van der Waals surface area contributed by atoms with E-state index in [1.54, 1.807) is 0 Å². The molecule has 3 aromatic rings. The smallest absolute Gasteiger partial charge is 0.159 e. The van der Waals surface area contributed by atoms with E-state index in [0.717, 1.165) is 24.2 Å². The van der Waals surface area contributed by atoms with Crippen molar-refractivity contribution >= 4 is 0 Å². The number of aromatic nitrogens is 2. The first-order chi connectivity index (χ1) is 12.7. The third-order valence-electron chi connectivity index (χ3n) is 5.36. The quantitative estimate of drug-likeness (QED) is 0.520. The summed E-state index contributed by atoms with van der Waals surface area (Å²) in [5.74, 6) is 1.38. The van der Waals surface area contributed by atoms with Crippen molar-refractivity contribution in [3.8, 4) is 22.5 Å². The Morgan fingerprint density at radius 1 is 0.769 bits per heavy atom. The first-order valence-electron chi connectivity index (χ1n) is 9.35. The third kappa shape index (κ3) is 3.60. The molecule has 0 amide bonds.